The maximum absolute atomic E-state index is 13.3. The summed E-state index contributed by atoms with van der Waals surface area (Å²) < 4.78 is 53.4. The molecule has 27 heavy (non-hydrogen) atoms. The first kappa shape index (κ1) is 21.0. The fourth-order valence-corrected chi connectivity index (χ4v) is 3.91. The van der Waals surface area contributed by atoms with Gasteiger partial charge in [0.05, 0.1) is 10.9 Å². The van der Waals surface area contributed by atoms with Gasteiger partial charge in [-0.15, -0.1) is 0 Å². The van der Waals surface area contributed by atoms with Crippen LogP contribution in [0.5, 0.6) is 0 Å². The summed E-state index contributed by atoms with van der Waals surface area (Å²) in [7, 11) is -3.72. The van der Waals surface area contributed by atoms with Gasteiger partial charge in [0.1, 0.15) is 0 Å². The van der Waals surface area contributed by atoms with Crippen LogP contribution in [0.4, 0.5) is 8.78 Å². The maximum atomic E-state index is 13.3. The summed E-state index contributed by atoms with van der Waals surface area (Å²) in [5.74, 6) is -2.36. The number of amides is 1. The van der Waals surface area contributed by atoms with Crippen molar-refractivity contribution in [2.75, 3.05) is 6.54 Å². The highest BCUT2D eigenvalue weighted by Gasteiger charge is 2.18. The van der Waals surface area contributed by atoms with E-state index in [9.17, 15) is 22.0 Å². The van der Waals surface area contributed by atoms with Crippen LogP contribution in [0.2, 0.25) is 0 Å². The molecule has 1 atom stereocenters. The van der Waals surface area contributed by atoms with Crippen LogP contribution in [-0.2, 0) is 14.8 Å². The molecular formula is C19H22F2N2O3S. The predicted octanol–water partition coefficient (Wildman–Crippen LogP) is 3.13. The van der Waals surface area contributed by atoms with Crippen LogP contribution in [0.25, 0.3) is 0 Å². The summed E-state index contributed by atoms with van der Waals surface area (Å²) >= 11 is 0. The lowest BCUT2D eigenvalue weighted by molar-refractivity contribution is -0.121. The zero-order chi connectivity index (χ0) is 20.2. The number of nitrogens with one attached hydrogen (secondary N) is 2. The highest BCUT2D eigenvalue weighted by Crippen LogP contribution is 2.17. The molecule has 5 nitrogen and oxygen atoms in total. The fourth-order valence-electron chi connectivity index (χ4n) is 2.55. The van der Waals surface area contributed by atoms with Crippen molar-refractivity contribution in [1.82, 2.24) is 10.0 Å². The van der Waals surface area contributed by atoms with Crippen LogP contribution >= 0.6 is 0 Å². The van der Waals surface area contributed by atoms with Crippen LogP contribution in [0.1, 0.15) is 36.1 Å². The molecule has 0 heterocycles. The molecule has 2 aromatic rings. The summed E-state index contributed by atoms with van der Waals surface area (Å²) in [4.78, 5) is 12.2. The van der Waals surface area contributed by atoms with Crippen molar-refractivity contribution in [3.8, 4) is 0 Å². The first-order chi connectivity index (χ1) is 12.6. The van der Waals surface area contributed by atoms with E-state index < -0.39 is 33.6 Å². The fraction of sp³-hybridized carbons (Fsp3) is 0.316. The first-order valence-electron chi connectivity index (χ1n) is 8.41. The minimum atomic E-state index is -3.72. The summed E-state index contributed by atoms with van der Waals surface area (Å²) in [5.41, 5.74) is 1.85. The number of carbonyl (C=O) groups is 1. The first-order valence-corrected chi connectivity index (χ1v) is 9.89. The average molecular weight is 396 g/mol. The molecular weight excluding hydrogens is 374 g/mol. The highest BCUT2D eigenvalue weighted by atomic mass is 32.2. The van der Waals surface area contributed by atoms with E-state index in [1.807, 2.05) is 6.07 Å². The Kier molecular flexibility index (Phi) is 6.67. The van der Waals surface area contributed by atoms with E-state index in [1.54, 1.807) is 32.9 Å². The molecule has 0 bridgehead atoms. The van der Waals surface area contributed by atoms with Crippen molar-refractivity contribution in [1.29, 1.82) is 0 Å². The number of hydrogen-bond donors (Lipinski definition) is 2. The number of sulfonamides is 1. The lowest BCUT2D eigenvalue weighted by atomic mass is 10.1. The zero-order valence-corrected chi connectivity index (χ0v) is 16.2. The van der Waals surface area contributed by atoms with E-state index >= 15 is 0 Å². The molecule has 8 heteroatoms. The second kappa shape index (κ2) is 8.58. The number of carbonyl (C=O) groups excluding carboxylic acids is 1. The monoisotopic (exact) mass is 396 g/mol. The number of aryl methyl sites for hydroxylation is 2. The third kappa shape index (κ3) is 5.58. The molecule has 0 radical (unpaired) electrons. The number of hydrogen-bond acceptors (Lipinski definition) is 3. The highest BCUT2D eigenvalue weighted by molar-refractivity contribution is 7.89. The Hall–Kier alpha value is -2.32. The standard InChI is InChI=1S/C19H22F2N2O3S/c1-12-4-5-13(2)18(10-12)27(25,26)22-9-8-19(24)23-14(3)15-6-7-16(20)17(21)11-15/h4-7,10-11,14,22H,8-9H2,1-3H3,(H,23,24). The van der Waals surface area contributed by atoms with Crippen molar-refractivity contribution in [3.05, 3.63) is 64.7 Å². The molecule has 0 spiro atoms. The van der Waals surface area contributed by atoms with Gasteiger partial charge in [-0.1, -0.05) is 18.2 Å². The molecule has 1 unspecified atom stereocenters. The van der Waals surface area contributed by atoms with E-state index in [0.29, 0.717) is 11.1 Å². The topological polar surface area (TPSA) is 75.3 Å². The van der Waals surface area contributed by atoms with Crippen LogP contribution in [0.15, 0.2) is 41.3 Å². The quantitative estimate of drug-likeness (QED) is 0.755. The largest absolute Gasteiger partial charge is 0.350 e. The minimum absolute atomic E-state index is 0.0773. The molecule has 0 saturated carbocycles. The third-order valence-electron chi connectivity index (χ3n) is 4.10. The Balaban J connectivity index is 1.91. The average Bonchev–Trinajstić information content (AvgIpc) is 2.59. The summed E-state index contributed by atoms with van der Waals surface area (Å²) in [6.45, 7) is 5.05. The van der Waals surface area contributed by atoms with Crippen LogP contribution in [0.3, 0.4) is 0 Å². The molecule has 0 aliphatic carbocycles. The molecule has 0 fully saturated rings. The molecule has 0 saturated heterocycles. The lowest BCUT2D eigenvalue weighted by Crippen LogP contribution is -2.32. The minimum Gasteiger partial charge on any atom is -0.350 e. The maximum Gasteiger partial charge on any atom is 0.240 e. The van der Waals surface area contributed by atoms with Gasteiger partial charge < -0.3 is 5.32 Å². The van der Waals surface area contributed by atoms with Crippen molar-refractivity contribution < 1.29 is 22.0 Å². The van der Waals surface area contributed by atoms with Crippen molar-refractivity contribution >= 4 is 15.9 Å². The van der Waals surface area contributed by atoms with Crippen LogP contribution in [-0.4, -0.2) is 20.9 Å². The molecule has 0 aliphatic rings. The second-order valence-electron chi connectivity index (χ2n) is 6.38. The van der Waals surface area contributed by atoms with E-state index in [4.69, 9.17) is 0 Å². The van der Waals surface area contributed by atoms with Gasteiger partial charge in [0.25, 0.3) is 0 Å². The smallest absolute Gasteiger partial charge is 0.240 e. The van der Waals surface area contributed by atoms with E-state index in [1.165, 1.54) is 6.07 Å². The van der Waals surface area contributed by atoms with Gasteiger partial charge in [-0.05, 0) is 55.7 Å². The molecule has 2 rings (SSSR count). The van der Waals surface area contributed by atoms with Crippen molar-refractivity contribution in [2.24, 2.45) is 0 Å². The van der Waals surface area contributed by atoms with Gasteiger partial charge >= 0.3 is 0 Å². The van der Waals surface area contributed by atoms with Gasteiger partial charge in [-0.2, -0.15) is 0 Å². The van der Waals surface area contributed by atoms with Gasteiger partial charge in [0.2, 0.25) is 15.9 Å². The Morgan fingerprint density at radius 3 is 2.44 bits per heavy atom. The Bertz CT molecular complexity index is 946. The normalized spacial score (nSPS) is 12.6. The van der Waals surface area contributed by atoms with E-state index in [2.05, 4.69) is 10.0 Å². The van der Waals surface area contributed by atoms with E-state index in [-0.39, 0.29) is 17.9 Å². The van der Waals surface area contributed by atoms with Gasteiger partial charge in [0, 0.05) is 13.0 Å². The molecule has 0 aliphatic heterocycles. The Labute approximate surface area is 157 Å². The Morgan fingerprint density at radius 1 is 1.07 bits per heavy atom. The lowest BCUT2D eigenvalue weighted by Gasteiger charge is -2.15. The molecule has 146 valence electrons. The van der Waals surface area contributed by atoms with Gasteiger partial charge in [-0.3, -0.25) is 4.79 Å². The van der Waals surface area contributed by atoms with E-state index in [0.717, 1.165) is 17.7 Å². The molecule has 2 aromatic carbocycles. The number of benzene rings is 2. The summed E-state index contributed by atoms with van der Waals surface area (Å²) in [5, 5.41) is 2.63. The summed E-state index contributed by atoms with van der Waals surface area (Å²) in [6, 6.07) is 7.97. The number of halogens is 2. The second-order valence-corrected chi connectivity index (χ2v) is 8.11. The molecule has 2 N–H and O–H groups in total. The van der Waals surface area contributed by atoms with Crippen LogP contribution in [0, 0.1) is 25.5 Å². The van der Waals surface area contributed by atoms with Crippen molar-refractivity contribution in [2.45, 2.75) is 38.1 Å². The predicted molar refractivity (Wildman–Crippen MR) is 98.6 cm³/mol. The number of rotatable bonds is 7. The summed E-state index contributed by atoms with van der Waals surface area (Å²) in [6.07, 6.45) is -0.0852. The molecule has 0 aromatic heterocycles. The SMILES string of the molecule is Cc1ccc(C)c(S(=O)(=O)NCCC(=O)NC(C)c2ccc(F)c(F)c2)c1. The molecule has 1 amide bonds. The zero-order valence-electron chi connectivity index (χ0n) is 15.3. The van der Waals surface area contributed by atoms with Gasteiger partial charge in [0.15, 0.2) is 11.6 Å². The van der Waals surface area contributed by atoms with Crippen LogP contribution < -0.4 is 10.0 Å². The third-order valence-corrected chi connectivity index (χ3v) is 5.70. The van der Waals surface area contributed by atoms with Gasteiger partial charge in [-0.25, -0.2) is 21.9 Å². The Morgan fingerprint density at radius 2 is 1.78 bits per heavy atom. The van der Waals surface area contributed by atoms with Crippen molar-refractivity contribution in [3.63, 3.8) is 0 Å².